The first kappa shape index (κ1) is 18.0. The van der Waals surface area contributed by atoms with Gasteiger partial charge in [-0.2, -0.15) is 0 Å². The third-order valence-electron chi connectivity index (χ3n) is 6.13. The van der Waals surface area contributed by atoms with E-state index in [1.165, 1.54) is 11.1 Å². The van der Waals surface area contributed by atoms with Gasteiger partial charge in [0.1, 0.15) is 11.8 Å². The Morgan fingerprint density at radius 1 is 1.15 bits per heavy atom. The van der Waals surface area contributed by atoms with E-state index in [0.717, 1.165) is 49.8 Å². The first-order valence-electron chi connectivity index (χ1n) is 10.1. The molecule has 0 bridgehead atoms. The number of esters is 1. The number of ether oxygens (including phenoxy) is 1. The normalized spacial score (nSPS) is 19.9. The highest BCUT2D eigenvalue weighted by atomic mass is 16.5. The standard InChI is InChI=1S/C23H27NO3/c1-3-15-8-10-16(11-9-15)17-12-19-21(20(25)13-17)14(2)22(24-19)23(26)27-18-6-4-5-7-18/h8-11,17-18,24H,3-7,12-13H2,1-2H3. The largest absolute Gasteiger partial charge is 0.458 e. The van der Waals surface area contributed by atoms with Crippen LogP contribution >= 0.6 is 0 Å². The van der Waals surface area contributed by atoms with Gasteiger partial charge in [0.15, 0.2) is 5.78 Å². The molecule has 1 fully saturated rings. The number of aromatic nitrogens is 1. The summed E-state index contributed by atoms with van der Waals surface area (Å²) in [6.07, 6.45) is 6.41. The fourth-order valence-electron chi connectivity index (χ4n) is 4.52. The first-order chi connectivity index (χ1) is 13.1. The number of hydrogen-bond donors (Lipinski definition) is 1. The molecule has 0 aliphatic heterocycles. The number of carbonyl (C=O) groups excluding carboxylic acids is 2. The van der Waals surface area contributed by atoms with Gasteiger partial charge in [0.25, 0.3) is 0 Å². The van der Waals surface area contributed by atoms with Crippen molar-refractivity contribution in [2.24, 2.45) is 0 Å². The molecule has 1 aromatic carbocycles. The van der Waals surface area contributed by atoms with Crippen LogP contribution in [0.4, 0.5) is 0 Å². The molecule has 1 unspecified atom stereocenters. The van der Waals surface area contributed by atoms with Crippen LogP contribution in [0.1, 0.15) is 88.2 Å². The Bertz CT molecular complexity index is 856. The van der Waals surface area contributed by atoms with Crippen LogP contribution in [0, 0.1) is 6.92 Å². The predicted octanol–water partition coefficient (Wildman–Crippen LogP) is 4.90. The number of hydrogen-bond acceptors (Lipinski definition) is 3. The lowest BCUT2D eigenvalue weighted by molar-refractivity contribution is 0.0310. The number of rotatable bonds is 4. The van der Waals surface area contributed by atoms with E-state index in [4.69, 9.17) is 4.74 Å². The van der Waals surface area contributed by atoms with Gasteiger partial charge in [0.05, 0.1) is 0 Å². The van der Waals surface area contributed by atoms with Crippen LogP contribution in [0.2, 0.25) is 0 Å². The Labute approximate surface area is 160 Å². The summed E-state index contributed by atoms with van der Waals surface area (Å²) in [6, 6.07) is 8.54. The molecule has 142 valence electrons. The van der Waals surface area contributed by atoms with E-state index in [-0.39, 0.29) is 23.8 Å². The second-order valence-electron chi connectivity index (χ2n) is 7.91. The van der Waals surface area contributed by atoms with E-state index >= 15 is 0 Å². The third kappa shape index (κ3) is 3.45. The van der Waals surface area contributed by atoms with Gasteiger partial charge < -0.3 is 9.72 Å². The molecule has 1 heterocycles. The molecule has 1 atom stereocenters. The summed E-state index contributed by atoms with van der Waals surface area (Å²) in [7, 11) is 0. The summed E-state index contributed by atoms with van der Waals surface area (Å²) in [4.78, 5) is 28.7. The smallest absolute Gasteiger partial charge is 0.355 e. The molecule has 27 heavy (non-hydrogen) atoms. The molecule has 2 aliphatic rings. The Morgan fingerprint density at radius 3 is 2.52 bits per heavy atom. The number of ketones is 1. The molecular formula is C23H27NO3. The van der Waals surface area contributed by atoms with Crippen molar-refractivity contribution in [3.05, 3.63) is 57.9 Å². The quantitative estimate of drug-likeness (QED) is 0.784. The van der Waals surface area contributed by atoms with Crippen molar-refractivity contribution in [1.29, 1.82) is 0 Å². The summed E-state index contributed by atoms with van der Waals surface area (Å²) in [5.74, 6) is -0.0346. The highest BCUT2D eigenvalue weighted by Crippen LogP contribution is 2.35. The summed E-state index contributed by atoms with van der Waals surface area (Å²) in [5.41, 5.74) is 5.28. The molecular weight excluding hydrogens is 338 g/mol. The van der Waals surface area contributed by atoms with Gasteiger partial charge in [-0.25, -0.2) is 4.79 Å². The summed E-state index contributed by atoms with van der Waals surface area (Å²) in [6.45, 7) is 3.99. The van der Waals surface area contributed by atoms with E-state index in [1.54, 1.807) is 0 Å². The maximum Gasteiger partial charge on any atom is 0.355 e. The maximum atomic E-state index is 12.8. The van der Waals surface area contributed by atoms with Crippen molar-refractivity contribution in [1.82, 2.24) is 4.98 Å². The molecule has 4 nitrogen and oxygen atoms in total. The molecule has 4 rings (SSSR count). The number of fused-ring (bicyclic) bond motifs is 1. The van der Waals surface area contributed by atoms with Crippen molar-refractivity contribution < 1.29 is 14.3 Å². The number of H-pyrrole nitrogens is 1. The zero-order chi connectivity index (χ0) is 19.0. The zero-order valence-electron chi connectivity index (χ0n) is 16.1. The minimum absolute atomic E-state index is 0.0257. The van der Waals surface area contributed by atoms with Crippen LogP contribution in [0.5, 0.6) is 0 Å². The molecule has 2 aromatic rings. The summed E-state index contributed by atoms with van der Waals surface area (Å²) < 4.78 is 5.65. The average Bonchev–Trinajstić information content (AvgIpc) is 3.29. The zero-order valence-corrected chi connectivity index (χ0v) is 16.1. The van der Waals surface area contributed by atoms with E-state index in [2.05, 4.69) is 36.2 Å². The van der Waals surface area contributed by atoms with Crippen LogP contribution in [0.15, 0.2) is 24.3 Å². The molecule has 1 N–H and O–H groups in total. The summed E-state index contributed by atoms with van der Waals surface area (Å²) in [5, 5.41) is 0. The Balaban J connectivity index is 1.57. The number of aromatic amines is 1. The Hall–Kier alpha value is -2.36. The second-order valence-corrected chi connectivity index (χ2v) is 7.91. The van der Waals surface area contributed by atoms with Gasteiger partial charge in [-0.05, 0) is 68.1 Å². The van der Waals surface area contributed by atoms with Crippen molar-refractivity contribution >= 4 is 11.8 Å². The van der Waals surface area contributed by atoms with Crippen LogP contribution in [-0.2, 0) is 17.6 Å². The predicted molar refractivity (Wildman–Crippen MR) is 104 cm³/mol. The van der Waals surface area contributed by atoms with Crippen LogP contribution in [0.25, 0.3) is 0 Å². The minimum Gasteiger partial charge on any atom is -0.458 e. The highest BCUT2D eigenvalue weighted by molar-refractivity contribution is 6.03. The SMILES string of the molecule is CCc1ccc(C2CC(=O)c3c([nH]c(C(=O)OC4CCCC4)c3C)C2)cc1. The first-order valence-corrected chi connectivity index (χ1v) is 10.1. The fourth-order valence-corrected chi connectivity index (χ4v) is 4.52. The van der Waals surface area contributed by atoms with Crippen LogP contribution < -0.4 is 0 Å². The molecule has 4 heteroatoms. The highest BCUT2D eigenvalue weighted by Gasteiger charge is 2.33. The van der Waals surface area contributed by atoms with Crippen molar-refractivity contribution in [3.63, 3.8) is 0 Å². The number of aryl methyl sites for hydroxylation is 1. The number of nitrogens with one attached hydrogen (secondary N) is 1. The molecule has 0 spiro atoms. The van der Waals surface area contributed by atoms with Crippen molar-refractivity contribution in [2.45, 2.75) is 70.8 Å². The van der Waals surface area contributed by atoms with E-state index in [1.807, 2.05) is 6.92 Å². The van der Waals surface area contributed by atoms with Crippen molar-refractivity contribution in [2.75, 3.05) is 0 Å². The van der Waals surface area contributed by atoms with Gasteiger partial charge in [-0.3, -0.25) is 4.79 Å². The van der Waals surface area contributed by atoms with E-state index in [9.17, 15) is 9.59 Å². The topological polar surface area (TPSA) is 59.2 Å². The monoisotopic (exact) mass is 365 g/mol. The molecule has 0 amide bonds. The third-order valence-corrected chi connectivity index (χ3v) is 6.13. The lowest BCUT2D eigenvalue weighted by Crippen LogP contribution is -2.18. The van der Waals surface area contributed by atoms with E-state index < -0.39 is 0 Å². The number of Topliss-reactive ketones (excluding diaryl/α,β-unsaturated/α-hetero) is 1. The Morgan fingerprint density at radius 2 is 1.85 bits per heavy atom. The Kier molecular flexibility index (Phi) is 4.90. The lowest BCUT2D eigenvalue weighted by Gasteiger charge is -2.22. The number of carbonyl (C=O) groups is 2. The van der Waals surface area contributed by atoms with Gasteiger partial charge in [0, 0.05) is 17.7 Å². The average molecular weight is 365 g/mol. The van der Waals surface area contributed by atoms with E-state index in [0.29, 0.717) is 17.7 Å². The molecule has 0 saturated heterocycles. The molecule has 1 aromatic heterocycles. The summed E-state index contributed by atoms with van der Waals surface area (Å²) >= 11 is 0. The van der Waals surface area contributed by atoms with Gasteiger partial charge >= 0.3 is 5.97 Å². The van der Waals surface area contributed by atoms with Crippen molar-refractivity contribution in [3.8, 4) is 0 Å². The lowest BCUT2D eigenvalue weighted by atomic mass is 9.81. The van der Waals surface area contributed by atoms with Crippen LogP contribution in [0.3, 0.4) is 0 Å². The molecule has 0 radical (unpaired) electrons. The minimum atomic E-state index is -0.314. The number of benzene rings is 1. The second kappa shape index (κ2) is 7.34. The van der Waals surface area contributed by atoms with Gasteiger partial charge in [-0.15, -0.1) is 0 Å². The maximum absolute atomic E-state index is 12.8. The molecule has 1 saturated carbocycles. The molecule has 2 aliphatic carbocycles. The fraction of sp³-hybridized carbons (Fsp3) is 0.478. The van der Waals surface area contributed by atoms with Gasteiger partial charge in [-0.1, -0.05) is 31.2 Å². The van der Waals surface area contributed by atoms with Gasteiger partial charge in [0.2, 0.25) is 0 Å². The van der Waals surface area contributed by atoms with Crippen LogP contribution in [-0.4, -0.2) is 22.8 Å².